The highest BCUT2D eigenvalue weighted by Crippen LogP contribution is 2.56. The minimum atomic E-state index is -1.85. The van der Waals surface area contributed by atoms with Gasteiger partial charge in [0, 0.05) is 58.8 Å². The second-order valence-electron chi connectivity index (χ2n) is 16.2. The molecule has 2 bridgehead atoms. The van der Waals surface area contributed by atoms with Gasteiger partial charge in [-0.15, -0.1) is 0 Å². The maximum atomic E-state index is 13.1. The molecule has 57 heavy (non-hydrogen) atoms. The monoisotopic (exact) mass is 795 g/mol. The molecule has 0 unspecified atom stereocenters. The smallest absolute Gasteiger partial charge is 0.303 e. The molecule has 2 aromatic rings. The van der Waals surface area contributed by atoms with Crippen LogP contribution in [0.2, 0.25) is 0 Å². The minimum Gasteiger partial charge on any atom is -0.455 e. The van der Waals surface area contributed by atoms with Gasteiger partial charge in [-0.2, -0.15) is 0 Å². The van der Waals surface area contributed by atoms with E-state index in [0.29, 0.717) is 37.9 Å². The lowest BCUT2D eigenvalue weighted by Gasteiger charge is -2.52. The van der Waals surface area contributed by atoms with Crippen molar-refractivity contribution in [3.8, 4) is 0 Å². The summed E-state index contributed by atoms with van der Waals surface area (Å²) in [5.74, 6) is -4.43. The molecule has 3 N–H and O–H groups in total. The van der Waals surface area contributed by atoms with Gasteiger partial charge in [0.1, 0.15) is 6.04 Å². The fourth-order valence-corrected chi connectivity index (χ4v) is 7.97. The van der Waals surface area contributed by atoms with Gasteiger partial charge in [-0.1, -0.05) is 36.4 Å². The number of β-amino-alcohol motifs (C(OH)–C–C–N with tert-alkyl or cyclic N) is 1. The van der Waals surface area contributed by atoms with Crippen LogP contribution in [-0.4, -0.2) is 132 Å². The lowest BCUT2D eigenvalue weighted by molar-refractivity contribution is -0.350. The Morgan fingerprint density at radius 2 is 1.58 bits per heavy atom. The largest absolute Gasteiger partial charge is 0.455 e. The lowest BCUT2D eigenvalue weighted by atomic mass is 9.74. The number of ether oxygens (including phenoxy) is 5. The van der Waals surface area contributed by atoms with Gasteiger partial charge in [0.05, 0.1) is 18.3 Å². The fourth-order valence-electron chi connectivity index (χ4n) is 7.97. The topological polar surface area (TPSA) is 190 Å². The van der Waals surface area contributed by atoms with Gasteiger partial charge >= 0.3 is 17.9 Å². The number of likely N-dealkylation sites (N-methyl/N-ethyl adjacent to an activating group) is 1. The number of fused-ring (bicyclic) bond motifs is 2. The van der Waals surface area contributed by atoms with Crippen molar-refractivity contribution in [2.24, 2.45) is 0 Å². The molecule has 0 aliphatic carbocycles. The molecule has 2 amide bonds. The number of benzene rings is 2. The Morgan fingerprint density at radius 3 is 2.19 bits per heavy atom. The van der Waals surface area contributed by atoms with Gasteiger partial charge < -0.3 is 49.0 Å². The van der Waals surface area contributed by atoms with Crippen molar-refractivity contribution in [2.75, 3.05) is 40.3 Å². The van der Waals surface area contributed by atoms with E-state index in [1.807, 2.05) is 62.3 Å². The second kappa shape index (κ2) is 17.6. The third-order valence-electron chi connectivity index (χ3n) is 11.0. The molecule has 5 rings (SSSR count). The maximum Gasteiger partial charge on any atom is 0.303 e. The molecule has 3 fully saturated rings. The van der Waals surface area contributed by atoms with E-state index in [0.717, 1.165) is 22.3 Å². The van der Waals surface area contributed by atoms with E-state index in [2.05, 4.69) is 5.32 Å². The van der Waals surface area contributed by atoms with Gasteiger partial charge in [-0.25, -0.2) is 0 Å². The number of rotatable bonds is 15. The quantitative estimate of drug-likeness (QED) is 0.176. The number of hydrogen-bond acceptors (Lipinski definition) is 13. The average molecular weight is 796 g/mol. The number of likely N-dealkylation sites (tertiary alicyclic amines) is 1. The Hall–Kier alpha value is -4.41. The first-order valence-electron chi connectivity index (χ1n) is 19.4. The fraction of sp³-hybridized carbons (Fsp3) is 0.595. The Morgan fingerprint density at radius 1 is 0.947 bits per heavy atom. The predicted molar refractivity (Wildman–Crippen MR) is 205 cm³/mol. The zero-order valence-electron chi connectivity index (χ0n) is 34.2. The molecule has 7 atom stereocenters. The summed E-state index contributed by atoms with van der Waals surface area (Å²) in [6.45, 7) is 9.46. The Balaban J connectivity index is 1.31. The number of carbonyl (C=O) groups excluding carboxylic acids is 5. The molecule has 3 saturated heterocycles. The molecule has 0 radical (unpaired) electrons. The van der Waals surface area contributed by atoms with Crippen LogP contribution in [0.25, 0.3) is 0 Å². The number of aliphatic hydroxyl groups is 2. The number of amides is 2. The number of carbonyl (C=O) groups is 5. The molecule has 15 heteroatoms. The van der Waals surface area contributed by atoms with Crippen molar-refractivity contribution < 1.29 is 57.9 Å². The van der Waals surface area contributed by atoms with E-state index >= 15 is 0 Å². The summed E-state index contributed by atoms with van der Waals surface area (Å²) in [7, 11) is 3.82. The van der Waals surface area contributed by atoms with Crippen molar-refractivity contribution in [1.82, 2.24) is 15.1 Å². The summed E-state index contributed by atoms with van der Waals surface area (Å²) in [4.78, 5) is 66.8. The van der Waals surface area contributed by atoms with Crippen LogP contribution >= 0.6 is 0 Å². The molecular formula is C42H57N3O12. The third kappa shape index (κ3) is 9.66. The third-order valence-corrected chi connectivity index (χ3v) is 11.0. The number of aryl methyl sites for hydroxylation is 2. The van der Waals surface area contributed by atoms with Crippen molar-refractivity contribution in [2.45, 2.75) is 121 Å². The Bertz CT molecular complexity index is 1810. The van der Waals surface area contributed by atoms with Crippen molar-refractivity contribution >= 4 is 29.7 Å². The molecule has 312 valence electrons. The highest BCUT2D eigenvalue weighted by Gasteiger charge is 2.75. The summed E-state index contributed by atoms with van der Waals surface area (Å²) >= 11 is 0. The van der Waals surface area contributed by atoms with Gasteiger partial charge in [-0.3, -0.25) is 24.0 Å². The van der Waals surface area contributed by atoms with E-state index in [4.69, 9.17) is 23.7 Å². The summed E-state index contributed by atoms with van der Waals surface area (Å²) < 4.78 is 30.3. The Kier molecular flexibility index (Phi) is 13.5. The van der Waals surface area contributed by atoms with E-state index < -0.39 is 65.4 Å². The molecule has 0 spiro atoms. The highest BCUT2D eigenvalue weighted by atomic mass is 16.8. The molecule has 0 saturated carbocycles. The van der Waals surface area contributed by atoms with Crippen molar-refractivity contribution in [1.29, 1.82) is 0 Å². The van der Waals surface area contributed by atoms with Crippen LogP contribution < -0.4 is 5.32 Å². The molecule has 3 aliphatic heterocycles. The van der Waals surface area contributed by atoms with Gasteiger partial charge in [0.2, 0.25) is 23.7 Å². The minimum absolute atomic E-state index is 0.144. The van der Waals surface area contributed by atoms with E-state index in [1.54, 1.807) is 6.07 Å². The summed E-state index contributed by atoms with van der Waals surface area (Å²) in [5.41, 5.74) is 0.908. The lowest BCUT2D eigenvalue weighted by Crippen LogP contribution is -2.72. The number of esters is 3. The number of aliphatic hydroxyl groups excluding tert-OH is 1. The van der Waals surface area contributed by atoms with E-state index in [-0.39, 0.29) is 37.8 Å². The predicted octanol–water partition coefficient (Wildman–Crippen LogP) is 2.07. The second-order valence-corrected chi connectivity index (χ2v) is 16.2. The van der Waals surface area contributed by atoms with Crippen LogP contribution in [0.3, 0.4) is 0 Å². The summed E-state index contributed by atoms with van der Waals surface area (Å²) in [5, 5.41) is 24.6. The van der Waals surface area contributed by atoms with Crippen LogP contribution in [0.15, 0.2) is 42.5 Å². The molecule has 2 aromatic carbocycles. The first-order valence-corrected chi connectivity index (χ1v) is 19.4. The Labute approximate surface area is 333 Å². The molecular weight excluding hydrogens is 738 g/mol. The van der Waals surface area contributed by atoms with Gasteiger partial charge in [0.15, 0.2) is 17.8 Å². The van der Waals surface area contributed by atoms with Crippen LogP contribution in [0.5, 0.6) is 0 Å². The zero-order valence-corrected chi connectivity index (χ0v) is 34.2. The molecule has 3 heterocycles. The summed E-state index contributed by atoms with van der Waals surface area (Å²) in [6, 6.07) is 12.9. The first-order chi connectivity index (χ1) is 26.8. The van der Waals surface area contributed by atoms with Crippen LogP contribution in [-0.2, 0) is 66.3 Å². The standard InChI is InChI=1S/C42H57N3O12/c1-25-12-17-32(42-38(56-28(4)48)36(54-26(2)46)37(55-27(3)47)41(57-42,24-53-42)40(5,6)52)21-31(25)20-30-15-13-29(14-16-30)10-9-11-35(50)45-23-33(49)22-34(45)39(51)43-18-19-44(7)8/h12-17,21,33-34,36-38,49,52H,9-11,18-20,22-24H2,1-8H3,(H,43,51)/t33-,34-,36-,37-,38+,41-,42-/m0/s1. The first kappa shape index (κ1) is 43.7. The van der Waals surface area contributed by atoms with Crippen LogP contribution in [0.4, 0.5) is 0 Å². The average Bonchev–Trinajstić information content (AvgIpc) is 3.70. The number of nitrogens with zero attached hydrogens (tertiary/aromatic N) is 2. The van der Waals surface area contributed by atoms with Gasteiger partial charge in [-0.05, 0) is 82.4 Å². The number of nitrogens with one attached hydrogen (secondary N) is 1. The van der Waals surface area contributed by atoms with E-state index in [9.17, 15) is 34.2 Å². The van der Waals surface area contributed by atoms with E-state index in [1.165, 1.54) is 39.5 Å². The molecule has 3 aliphatic rings. The van der Waals surface area contributed by atoms with Crippen molar-refractivity contribution in [3.05, 3.63) is 70.3 Å². The van der Waals surface area contributed by atoms with Crippen LogP contribution in [0, 0.1) is 6.92 Å². The van der Waals surface area contributed by atoms with Crippen molar-refractivity contribution in [3.63, 3.8) is 0 Å². The normalized spacial score (nSPS) is 26.9. The number of hydrogen-bond donors (Lipinski definition) is 3. The molecule has 0 aromatic heterocycles. The van der Waals surface area contributed by atoms with Crippen LogP contribution in [0.1, 0.15) is 81.7 Å². The van der Waals surface area contributed by atoms with Gasteiger partial charge in [0.25, 0.3) is 0 Å². The molecule has 15 nitrogen and oxygen atoms in total. The summed E-state index contributed by atoms with van der Waals surface area (Å²) in [6.07, 6.45) is -2.75. The SMILES string of the molecule is CC(=O)O[C@@H]1[C@@H](OC(C)=O)[C@@]2(c3ccc(C)c(Cc4ccc(CCCC(=O)N5C[C@@H](O)C[C@H]5C(=O)NCCN(C)C)cc4)c3)OC[C@](C(C)(C)O)(O2)[C@H]1OC(C)=O. The highest BCUT2D eigenvalue weighted by molar-refractivity contribution is 5.88. The zero-order chi connectivity index (χ0) is 41.9. The maximum absolute atomic E-state index is 13.1.